The molecule has 2 saturated carbocycles. The summed E-state index contributed by atoms with van der Waals surface area (Å²) in [6.07, 6.45) is 7.19. The predicted molar refractivity (Wildman–Crippen MR) is 48.5 cm³/mol. The molecule has 2 fully saturated rings. The molecule has 0 heterocycles. The maximum absolute atomic E-state index is 7.80. The van der Waals surface area contributed by atoms with Crippen molar-refractivity contribution in [1.29, 1.82) is 0 Å². The fraction of sp³-hybridized carbons (Fsp3) is 1.00. The minimum atomic E-state index is -0.860. The zero-order chi connectivity index (χ0) is 9.53. The van der Waals surface area contributed by atoms with Gasteiger partial charge in [0, 0.05) is 2.74 Å². The molecule has 0 bridgehead atoms. The van der Waals surface area contributed by atoms with E-state index in [0.717, 1.165) is 19.3 Å². The summed E-state index contributed by atoms with van der Waals surface area (Å²) < 4.78 is 15.6. The third kappa shape index (κ3) is 1.32. The number of hydrogen-bond acceptors (Lipinski definition) is 0. The molecule has 0 spiro atoms. The van der Waals surface area contributed by atoms with Gasteiger partial charge < -0.3 is 0 Å². The highest BCUT2D eigenvalue weighted by atomic mass is 14.4. The molecule has 0 aromatic rings. The summed E-state index contributed by atoms with van der Waals surface area (Å²) in [7, 11) is 0. The van der Waals surface area contributed by atoms with Crippen molar-refractivity contribution in [2.45, 2.75) is 58.2 Å². The van der Waals surface area contributed by atoms with Gasteiger partial charge in [0.1, 0.15) is 0 Å². The molecule has 2 rings (SSSR count). The molecule has 0 heteroatoms. The highest BCUT2D eigenvalue weighted by Crippen LogP contribution is 2.49. The molecule has 0 saturated heterocycles. The lowest BCUT2D eigenvalue weighted by Gasteiger charge is -2.45. The van der Waals surface area contributed by atoms with Crippen LogP contribution in [0.1, 0.15) is 61.0 Å². The van der Waals surface area contributed by atoms with Crippen molar-refractivity contribution >= 4 is 0 Å². The first-order chi connectivity index (χ1) is 6.02. The average Bonchev–Trinajstić information content (AvgIpc) is 2.05. The second kappa shape index (κ2) is 2.80. The molecule has 0 amide bonds. The molecule has 11 heavy (non-hydrogen) atoms. The van der Waals surface area contributed by atoms with Crippen molar-refractivity contribution in [1.82, 2.24) is 0 Å². The van der Waals surface area contributed by atoms with Crippen LogP contribution < -0.4 is 0 Å². The largest absolute Gasteiger partial charge is 0.0594 e. The standard InChI is InChI=1S/C11H20/c1-11-8-4-2-6-10(11)7-3-5-9-11/h10H,2-9H2,1H3/t10-,11-/i2D2/m1/s1. The predicted octanol–water partition coefficient (Wildman–Crippen LogP) is 3.76. The van der Waals surface area contributed by atoms with E-state index in [0.29, 0.717) is 11.3 Å². The Bertz CT molecular complexity index is 200. The summed E-state index contributed by atoms with van der Waals surface area (Å²) >= 11 is 0. The fourth-order valence-electron chi connectivity index (χ4n) is 2.80. The molecule has 0 aromatic heterocycles. The van der Waals surface area contributed by atoms with Crippen LogP contribution in [0.3, 0.4) is 0 Å². The summed E-state index contributed by atoms with van der Waals surface area (Å²) in [6.45, 7) is 2.38. The normalized spacial score (nSPS) is 52.3. The molecular weight excluding hydrogens is 132 g/mol. The topological polar surface area (TPSA) is 0 Å². The Labute approximate surface area is 73.2 Å². The van der Waals surface area contributed by atoms with Crippen LogP contribution in [0.15, 0.2) is 0 Å². The maximum Gasteiger partial charge on any atom is 0.0267 e. The molecular formula is C11H20. The van der Waals surface area contributed by atoms with Gasteiger partial charge in [-0.25, -0.2) is 0 Å². The van der Waals surface area contributed by atoms with Crippen LogP contribution in [0.4, 0.5) is 0 Å². The third-order valence-corrected chi connectivity index (χ3v) is 3.80. The first-order valence-electron chi connectivity index (χ1n) is 6.02. The van der Waals surface area contributed by atoms with Crippen molar-refractivity contribution in [2.75, 3.05) is 0 Å². The Morgan fingerprint density at radius 1 is 1.18 bits per heavy atom. The quantitative estimate of drug-likeness (QED) is 0.498. The summed E-state index contributed by atoms with van der Waals surface area (Å²) in [5.74, 6) is 0.671. The molecule has 0 aliphatic heterocycles. The average molecular weight is 154 g/mol. The van der Waals surface area contributed by atoms with Crippen molar-refractivity contribution in [3.8, 4) is 0 Å². The van der Waals surface area contributed by atoms with Gasteiger partial charge in [-0.1, -0.05) is 32.6 Å². The Balaban J connectivity index is 2.10. The van der Waals surface area contributed by atoms with Crippen LogP contribution >= 0.6 is 0 Å². The van der Waals surface area contributed by atoms with E-state index in [2.05, 4.69) is 6.92 Å². The summed E-state index contributed by atoms with van der Waals surface area (Å²) in [5.41, 5.74) is 0.490. The van der Waals surface area contributed by atoms with Crippen molar-refractivity contribution in [3.05, 3.63) is 0 Å². The highest BCUT2D eigenvalue weighted by molar-refractivity contribution is 4.88. The van der Waals surface area contributed by atoms with Crippen LogP contribution in [0.5, 0.6) is 0 Å². The zero-order valence-corrected chi connectivity index (χ0v) is 7.53. The van der Waals surface area contributed by atoms with Crippen LogP contribution in [-0.2, 0) is 0 Å². The molecule has 2 aliphatic carbocycles. The van der Waals surface area contributed by atoms with E-state index in [9.17, 15) is 0 Å². The van der Waals surface area contributed by atoms with Crippen molar-refractivity contribution in [2.24, 2.45) is 11.3 Å². The van der Waals surface area contributed by atoms with Gasteiger partial charge in [-0.15, -0.1) is 0 Å². The lowest BCUT2D eigenvalue weighted by Crippen LogP contribution is -2.33. The van der Waals surface area contributed by atoms with E-state index >= 15 is 0 Å². The number of fused-ring (bicyclic) bond motifs is 1. The fourth-order valence-corrected chi connectivity index (χ4v) is 2.80. The van der Waals surface area contributed by atoms with Gasteiger partial charge in [0.2, 0.25) is 0 Å². The highest BCUT2D eigenvalue weighted by Gasteiger charge is 2.37. The van der Waals surface area contributed by atoms with Crippen LogP contribution in [-0.4, -0.2) is 0 Å². The maximum atomic E-state index is 7.80. The Kier molecular flexibility index (Phi) is 1.43. The summed E-state index contributed by atoms with van der Waals surface area (Å²) in [4.78, 5) is 0. The van der Waals surface area contributed by atoms with Gasteiger partial charge >= 0.3 is 0 Å². The molecule has 0 radical (unpaired) electrons. The monoisotopic (exact) mass is 154 g/mol. The number of hydrogen-bond donors (Lipinski definition) is 0. The molecule has 2 aliphatic rings. The molecule has 64 valence electrons. The van der Waals surface area contributed by atoms with Crippen molar-refractivity contribution < 1.29 is 2.74 Å². The molecule has 0 N–H and O–H groups in total. The van der Waals surface area contributed by atoms with Gasteiger partial charge in [0.25, 0.3) is 0 Å². The molecule has 0 unspecified atom stereocenters. The Morgan fingerprint density at radius 2 is 2.00 bits per heavy atom. The van der Waals surface area contributed by atoms with E-state index in [1.807, 2.05) is 0 Å². The lowest BCUT2D eigenvalue weighted by atomic mass is 9.61. The SMILES string of the molecule is [2H]C1([2H])CC[C@]2(C)CCCC[C@H]2C1. The van der Waals surface area contributed by atoms with E-state index in [1.165, 1.54) is 25.7 Å². The van der Waals surface area contributed by atoms with Crippen LogP contribution in [0, 0.1) is 11.3 Å². The minimum Gasteiger partial charge on any atom is -0.0594 e. The molecule has 0 aromatic carbocycles. The zero-order valence-electron chi connectivity index (χ0n) is 9.53. The van der Waals surface area contributed by atoms with E-state index in [1.54, 1.807) is 0 Å². The lowest BCUT2D eigenvalue weighted by molar-refractivity contribution is 0.0647. The first-order valence-corrected chi connectivity index (χ1v) is 5.02. The van der Waals surface area contributed by atoms with E-state index < -0.39 is 6.37 Å². The number of rotatable bonds is 0. The second-order valence-electron chi connectivity index (χ2n) is 4.55. The van der Waals surface area contributed by atoms with Gasteiger partial charge in [0.05, 0.1) is 0 Å². The molecule has 0 nitrogen and oxygen atoms in total. The van der Waals surface area contributed by atoms with Crippen LogP contribution in [0.25, 0.3) is 0 Å². The second-order valence-corrected chi connectivity index (χ2v) is 4.55. The van der Waals surface area contributed by atoms with E-state index in [4.69, 9.17) is 2.74 Å². The molecule has 2 atom stereocenters. The Hall–Kier alpha value is 0. The smallest absolute Gasteiger partial charge is 0.0267 e. The first kappa shape index (κ1) is 5.61. The Morgan fingerprint density at radius 3 is 2.91 bits per heavy atom. The van der Waals surface area contributed by atoms with Crippen LogP contribution in [0.2, 0.25) is 0 Å². The minimum absolute atomic E-state index is 0.490. The van der Waals surface area contributed by atoms with E-state index in [-0.39, 0.29) is 0 Å². The van der Waals surface area contributed by atoms with Crippen molar-refractivity contribution in [3.63, 3.8) is 0 Å². The summed E-state index contributed by atoms with van der Waals surface area (Å²) in [5, 5.41) is 0. The van der Waals surface area contributed by atoms with Gasteiger partial charge in [-0.05, 0) is 37.0 Å². The third-order valence-electron chi connectivity index (χ3n) is 3.80. The van der Waals surface area contributed by atoms with Gasteiger partial charge in [-0.2, -0.15) is 0 Å². The van der Waals surface area contributed by atoms with Gasteiger partial charge in [-0.3, -0.25) is 0 Å². The summed E-state index contributed by atoms with van der Waals surface area (Å²) in [6, 6.07) is 0. The van der Waals surface area contributed by atoms with Gasteiger partial charge in [0.15, 0.2) is 0 Å².